The molecule has 1 aromatic heterocycles. The number of hydrogen-bond donors (Lipinski definition) is 2. The number of para-hydroxylation sites is 1. The zero-order chi connectivity index (χ0) is 13.8. The largest absolute Gasteiger partial charge is 0.398 e. The van der Waals surface area contributed by atoms with Gasteiger partial charge in [-0.15, -0.1) is 0 Å². The summed E-state index contributed by atoms with van der Waals surface area (Å²) < 4.78 is 0. The van der Waals surface area contributed by atoms with Crippen molar-refractivity contribution < 1.29 is 4.79 Å². The van der Waals surface area contributed by atoms with E-state index in [1.807, 2.05) is 6.07 Å². The Bertz CT molecular complexity index is 598. The number of nitrogens with two attached hydrogens (primary N) is 1. The molecular formula is C12H10Cl2N4O. The molecule has 0 fully saturated rings. The Hall–Kier alpha value is -1.85. The van der Waals surface area contributed by atoms with E-state index in [1.165, 1.54) is 6.33 Å². The van der Waals surface area contributed by atoms with Crippen LogP contribution in [-0.4, -0.2) is 15.9 Å². The number of halogens is 2. The van der Waals surface area contributed by atoms with Crippen LogP contribution in [0.3, 0.4) is 0 Å². The monoisotopic (exact) mass is 296 g/mol. The number of anilines is 2. The molecule has 0 bridgehead atoms. The standard InChI is InChI=1S/C12H10Cl2N4O/c13-11-10(12(14)17-6-16-11)18-9(19)5-7-3-1-2-4-8(7)15/h1-4,6H,5,15H2,(H,18,19). The van der Waals surface area contributed by atoms with Crippen LogP contribution in [0, 0.1) is 0 Å². The first-order valence-electron chi connectivity index (χ1n) is 5.37. The first-order chi connectivity index (χ1) is 9.08. The van der Waals surface area contributed by atoms with Crippen LogP contribution in [-0.2, 0) is 11.2 Å². The van der Waals surface area contributed by atoms with Crippen LogP contribution in [0.15, 0.2) is 30.6 Å². The fourth-order valence-electron chi connectivity index (χ4n) is 1.50. The van der Waals surface area contributed by atoms with Gasteiger partial charge >= 0.3 is 0 Å². The third kappa shape index (κ3) is 3.33. The fraction of sp³-hybridized carbons (Fsp3) is 0.0833. The van der Waals surface area contributed by atoms with E-state index in [2.05, 4.69) is 15.3 Å². The van der Waals surface area contributed by atoms with Gasteiger partial charge in [0, 0.05) is 5.69 Å². The van der Waals surface area contributed by atoms with E-state index in [0.29, 0.717) is 5.69 Å². The second-order valence-corrected chi connectivity index (χ2v) is 4.47. The molecule has 3 N–H and O–H groups in total. The highest BCUT2D eigenvalue weighted by atomic mass is 35.5. The Kier molecular flexibility index (Phi) is 4.19. The summed E-state index contributed by atoms with van der Waals surface area (Å²) in [6.45, 7) is 0. The number of hydrogen-bond acceptors (Lipinski definition) is 4. The maximum absolute atomic E-state index is 11.9. The quantitative estimate of drug-likeness (QED) is 0.674. The van der Waals surface area contributed by atoms with Crippen LogP contribution in [0.5, 0.6) is 0 Å². The molecule has 19 heavy (non-hydrogen) atoms. The number of nitrogens with zero attached hydrogens (tertiary/aromatic N) is 2. The molecule has 2 aromatic rings. The molecule has 7 heteroatoms. The highest BCUT2D eigenvalue weighted by molar-refractivity contribution is 6.38. The first-order valence-corrected chi connectivity index (χ1v) is 6.12. The number of benzene rings is 1. The van der Waals surface area contributed by atoms with Gasteiger partial charge in [-0.2, -0.15) is 0 Å². The van der Waals surface area contributed by atoms with Gasteiger partial charge in [0.2, 0.25) is 5.91 Å². The average molecular weight is 297 g/mol. The van der Waals surface area contributed by atoms with Crippen molar-refractivity contribution in [3.8, 4) is 0 Å². The molecule has 0 saturated heterocycles. The van der Waals surface area contributed by atoms with Crippen molar-refractivity contribution >= 4 is 40.5 Å². The highest BCUT2D eigenvalue weighted by Crippen LogP contribution is 2.25. The summed E-state index contributed by atoms with van der Waals surface area (Å²) in [5, 5.41) is 2.75. The van der Waals surface area contributed by atoms with Crippen molar-refractivity contribution in [2.75, 3.05) is 11.1 Å². The molecule has 2 rings (SSSR count). The lowest BCUT2D eigenvalue weighted by Crippen LogP contribution is -2.16. The number of carbonyl (C=O) groups excluding carboxylic acids is 1. The van der Waals surface area contributed by atoms with E-state index in [0.717, 1.165) is 5.56 Å². The number of nitrogens with one attached hydrogen (secondary N) is 1. The average Bonchev–Trinajstić information content (AvgIpc) is 2.37. The Morgan fingerprint density at radius 2 is 1.84 bits per heavy atom. The van der Waals surface area contributed by atoms with Gasteiger partial charge in [0.05, 0.1) is 6.42 Å². The van der Waals surface area contributed by atoms with Crippen LogP contribution >= 0.6 is 23.2 Å². The van der Waals surface area contributed by atoms with Crippen LogP contribution in [0.4, 0.5) is 11.4 Å². The van der Waals surface area contributed by atoms with Gasteiger partial charge in [0.25, 0.3) is 0 Å². The lowest BCUT2D eigenvalue weighted by molar-refractivity contribution is -0.115. The van der Waals surface area contributed by atoms with Gasteiger partial charge in [0.15, 0.2) is 10.3 Å². The second kappa shape index (κ2) is 5.86. The normalized spacial score (nSPS) is 10.2. The summed E-state index contributed by atoms with van der Waals surface area (Å²) in [4.78, 5) is 19.4. The molecule has 5 nitrogen and oxygen atoms in total. The SMILES string of the molecule is Nc1ccccc1CC(=O)Nc1c(Cl)ncnc1Cl. The number of nitrogen functional groups attached to an aromatic ring is 1. The summed E-state index contributed by atoms with van der Waals surface area (Å²) in [6.07, 6.45) is 1.34. The molecule has 0 atom stereocenters. The van der Waals surface area contributed by atoms with Gasteiger partial charge in [0.1, 0.15) is 12.0 Å². The molecule has 0 aliphatic carbocycles. The van der Waals surface area contributed by atoms with Crippen molar-refractivity contribution in [3.63, 3.8) is 0 Å². The molecule has 0 radical (unpaired) electrons. The number of aromatic nitrogens is 2. The predicted octanol–water partition coefficient (Wildman–Crippen LogP) is 2.55. The van der Waals surface area contributed by atoms with Crippen LogP contribution < -0.4 is 11.1 Å². The molecule has 0 unspecified atom stereocenters. The van der Waals surface area contributed by atoms with Crippen molar-refractivity contribution in [3.05, 3.63) is 46.5 Å². The zero-order valence-electron chi connectivity index (χ0n) is 9.73. The Labute approximate surface area is 119 Å². The fourth-order valence-corrected chi connectivity index (χ4v) is 1.91. The maximum Gasteiger partial charge on any atom is 0.229 e. The minimum absolute atomic E-state index is 0.0920. The van der Waals surface area contributed by atoms with Crippen LogP contribution in [0.2, 0.25) is 10.3 Å². The Morgan fingerprint density at radius 1 is 1.21 bits per heavy atom. The lowest BCUT2D eigenvalue weighted by Gasteiger charge is -2.08. The van der Waals surface area contributed by atoms with Crippen molar-refractivity contribution in [2.24, 2.45) is 0 Å². The van der Waals surface area contributed by atoms with E-state index in [9.17, 15) is 4.79 Å². The molecule has 0 aliphatic heterocycles. The van der Waals surface area contributed by atoms with Gasteiger partial charge < -0.3 is 11.1 Å². The molecule has 98 valence electrons. The van der Waals surface area contributed by atoms with E-state index in [1.54, 1.807) is 18.2 Å². The topological polar surface area (TPSA) is 80.9 Å². The molecule has 0 aliphatic rings. The summed E-state index contributed by atoms with van der Waals surface area (Å²) in [5.41, 5.74) is 7.25. The van der Waals surface area contributed by atoms with E-state index >= 15 is 0 Å². The summed E-state index contributed by atoms with van der Waals surface area (Å²) in [5.74, 6) is -0.295. The zero-order valence-corrected chi connectivity index (χ0v) is 11.2. The van der Waals surface area contributed by atoms with Gasteiger partial charge in [-0.3, -0.25) is 4.79 Å². The number of amides is 1. The Morgan fingerprint density at radius 3 is 2.47 bits per heavy atom. The van der Waals surface area contributed by atoms with Crippen molar-refractivity contribution in [1.82, 2.24) is 9.97 Å². The molecule has 1 heterocycles. The predicted molar refractivity (Wildman–Crippen MR) is 75.2 cm³/mol. The van der Waals surface area contributed by atoms with E-state index in [4.69, 9.17) is 28.9 Å². The van der Waals surface area contributed by atoms with Gasteiger partial charge in [-0.25, -0.2) is 9.97 Å². The summed E-state index contributed by atoms with van der Waals surface area (Å²) >= 11 is 11.7. The number of carbonyl (C=O) groups is 1. The minimum Gasteiger partial charge on any atom is -0.398 e. The lowest BCUT2D eigenvalue weighted by atomic mass is 10.1. The number of rotatable bonds is 3. The molecule has 0 spiro atoms. The molecule has 1 aromatic carbocycles. The van der Waals surface area contributed by atoms with Crippen molar-refractivity contribution in [1.29, 1.82) is 0 Å². The first kappa shape index (κ1) is 13.6. The van der Waals surface area contributed by atoms with Crippen LogP contribution in [0.1, 0.15) is 5.56 Å². The summed E-state index contributed by atoms with van der Waals surface area (Å²) in [6, 6.07) is 7.12. The summed E-state index contributed by atoms with van der Waals surface area (Å²) in [7, 11) is 0. The van der Waals surface area contributed by atoms with E-state index in [-0.39, 0.29) is 28.3 Å². The Balaban J connectivity index is 2.12. The molecule has 0 saturated carbocycles. The minimum atomic E-state index is -0.295. The second-order valence-electron chi connectivity index (χ2n) is 3.75. The smallest absolute Gasteiger partial charge is 0.229 e. The molecular weight excluding hydrogens is 287 g/mol. The highest BCUT2D eigenvalue weighted by Gasteiger charge is 2.12. The van der Waals surface area contributed by atoms with Crippen LogP contribution in [0.25, 0.3) is 0 Å². The van der Waals surface area contributed by atoms with Gasteiger partial charge in [-0.05, 0) is 11.6 Å². The molecule has 1 amide bonds. The maximum atomic E-state index is 11.9. The van der Waals surface area contributed by atoms with E-state index < -0.39 is 0 Å². The van der Waals surface area contributed by atoms with Crippen molar-refractivity contribution in [2.45, 2.75) is 6.42 Å². The van der Waals surface area contributed by atoms with Gasteiger partial charge in [-0.1, -0.05) is 41.4 Å². The third-order valence-corrected chi connectivity index (χ3v) is 3.00. The third-order valence-electron chi connectivity index (χ3n) is 2.43.